The molecule has 0 aliphatic heterocycles. The van der Waals surface area contributed by atoms with Crippen LogP contribution in [0.15, 0.2) is 29.6 Å². The van der Waals surface area contributed by atoms with Gasteiger partial charge in [-0.15, -0.1) is 10.2 Å². The van der Waals surface area contributed by atoms with Crippen molar-refractivity contribution >= 4 is 23.4 Å². The van der Waals surface area contributed by atoms with Gasteiger partial charge in [0.1, 0.15) is 0 Å². The van der Waals surface area contributed by atoms with E-state index in [1.54, 1.807) is 6.92 Å². The van der Waals surface area contributed by atoms with Gasteiger partial charge in [0.25, 0.3) is 0 Å². The SMILES string of the molecule is CC(CSc1nnc2ccccn12)C(=O)O. The predicted octanol–water partition coefficient (Wildman–Crippen LogP) is 1.54. The summed E-state index contributed by atoms with van der Waals surface area (Å²) in [5.41, 5.74) is 0.771. The molecule has 0 saturated carbocycles. The fourth-order valence-electron chi connectivity index (χ4n) is 1.19. The summed E-state index contributed by atoms with van der Waals surface area (Å²) in [7, 11) is 0. The second kappa shape index (κ2) is 4.52. The van der Waals surface area contributed by atoms with Crippen LogP contribution in [-0.2, 0) is 4.79 Å². The van der Waals surface area contributed by atoms with Crippen molar-refractivity contribution in [2.24, 2.45) is 5.92 Å². The second-order valence-electron chi connectivity index (χ2n) is 3.46. The number of carboxylic acid groups (broad SMARTS) is 1. The zero-order valence-electron chi connectivity index (χ0n) is 8.70. The minimum Gasteiger partial charge on any atom is -0.481 e. The monoisotopic (exact) mass is 237 g/mol. The fourth-order valence-corrected chi connectivity index (χ4v) is 2.12. The second-order valence-corrected chi connectivity index (χ2v) is 4.45. The minimum atomic E-state index is -0.790. The number of carbonyl (C=O) groups is 1. The first-order chi connectivity index (χ1) is 7.68. The smallest absolute Gasteiger partial charge is 0.307 e. The van der Waals surface area contributed by atoms with Gasteiger partial charge < -0.3 is 5.11 Å². The molecule has 2 heterocycles. The standard InChI is InChI=1S/C10H11N3O2S/c1-7(9(14)15)6-16-10-12-11-8-4-2-3-5-13(8)10/h2-5,7H,6H2,1H3,(H,14,15). The lowest BCUT2D eigenvalue weighted by molar-refractivity contribution is -0.140. The molecule has 1 N–H and O–H groups in total. The van der Waals surface area contributed by atoms with Gasteiger partial charge in [-0.1, -0.05) is 24.8 Å². The highest BCUT2D eigenvalue weighted by Crippen LogP contribution is 2.19. The van der Waals surface area contributed by atoms with E-state index in [0.717, 1.165) is 10.8 Å². The van der Waals surface area contributed by atoms with E-state index in [2.05, 4.69) is 10.2 Å². The Balaban J connectivity index is 2.13. The number of hydrogen-bond acceptors (Lipinski definition) is 4. The molecular formula is C10H11N3O2S. The Morgan fingerprint density at radius 1 is 1.56 bits per heavy atom. The van der Waals surface area contributed by atoms with Gasteiger partial charge in [-0.3, -0.25) is 9.20 Å². The molecule has 1 unspecified atom stereocenters. The Bertz CT molecular complexity index is 511. The van der Waals surface area contributed by atoms with E-state index in [1.165, 1.54) is 11.8 Å². The van der Waals surface area contributed by atoms with Crippen LogP contribution in [0.3, 0.4) is 0 Å². The maximum Gasteiger partial charge on any atom is 0.307 e. The molecule has 0 amide bonds. The third-order valence-electron chi connectivity index (χ3n) is 2.17. The van der Waals surface area contributed by atoms with Crippen molar-refractivity contribution in [2.45, 2.75) is 12.1 Å². The van der Waals surface area contributed by atoms with Crippen LogP contribution in [0.4, 0.5) is 0 Å². The van der Waals surface area contributed by atoms with Crippen molar-refractivity contribution in [2.75, 3.05) is 5.75 Å². The summed E-state index contributed by atoms with van der Waals surface area (Å²) in [6, 6.07) is 5.64. The largest absolute Gasteiger partial charge is 0.481 e. The first kappa shape index (κ1) is 10.9. The highest BCUT2D eigenvalue weighted by Gasteiger charge is 2.13. The number of rotatable bonds is 4. The first-order valence-corrected chi connectivity index (χ1v) is 5.82. The van der Waals surface area contributed by atoms with E-state index < -0.39 is 5.97 Å². The molecule has 2 rings (SSSR count). The van der Waals surface area contributed by atoms with Crippen molar-refractivity contribution in [3.8, 4) is 0 Å². The Morgan fingerprint density at radius 3 is 3.12 bits per heavy atom. The van der Waals surface area contributed by atoms with Gasteiger partial charge in [0.15, 0.2) is 10.8 Å². The topological polar surface area (TPSA) is 67.5 Å². The van der Waals surface area contributed by atoms with Crippen LogP contribution in [0.2, 0.25) is 0 Å². The van der Waals surface area contributed by atoms with E-state index in [1.807, 2.05) is 28.8 Å². The molecule has 0 bridgehead atoms. The van der Waals surface area contributed by atoms with Gasteiger partial charge >= 0.3 is 5.97 Å². The number of nitrogens with zero attached hydrogens (tertiary/aromatic N) is 3. The molecule has 16 heavy (non-hydrogen) atoms. The van der Waals surface area contributed by atoms with E-state index in [9.17, 15) is 4.79 Å². The van der Waals surface area contributed by atoms with Gasteiger partial charge in [0, 0.05) is 11.9 Å². The average Bonchev–Trinajstić information content (AvgIpc) is 2.69. The third-order valence-corrected chi connectivity index (χ3v) is 3.37. The quantitative estimate of drug-likeness (QED) is 0.817. The molecule has 0 spiro atoms. The normalized spacial score (nSPS) is 12.8. The molecule has 2 aromatic heterocycles. The predicted molar refractivity (Wildman–Crippen MR) is 60.5 cm³/mol. The Kier molecular flexibility index (Phi) is 3.09. The Hall–Kier alpha value is -1.56. The Labute approximate surface area is 96.5 Å². The van der Waals surface area contributed by atoms with E-state index in [0.29, 0.717) is 5.75 Å². The molecule has 0 aliphatic rings. The van der Waals surface area contributed by atoms with Crippen LogP contribution in [0, 0.1) is 5.92 Å². The van der Waals surface area contributed by atoms with Crippen molar-refractivity contribution in [3.63, 3.8) is 0 Å². The number of fused-ring (bicyclic) bond motifs is 1. The van der Waals surface area contributed by atoms with Gasteiger partial charge in [-0.25, -0.2) is 0 Å². The van der Waals surface area contributed by atoms with Crippen LogP contribution in [0.5, 0.6) is 0 Å². The number of aromatic nitrogens is 3. The van der Waals surface area contributed by atoms with Crippen LogP contribution in [0.25, 0.3) is 5.65 Å². The van der Waals surface area contributed by atoms with Crippen molar-refractivity contribution < 1.29 is 9.90 Å². The van der Waals surface area contributed by atoms with Crippen molar-refractivity contribution in [1.29, 1.82) is 0 Å². The molecule has 2 aromatic rings. The van der Waals surface area contributed by atoms with Crippen molar-refractivity contribution in [3.05, 3.63) is 24.4 Å². The third kappa shape index (κ3) is 2.16. The lowest BCUT2D eigenvalue weighted by atomic mass is 10.2. The lowest BCUT2D eigenvalue weighted by Crippen LogP contribution is -2.11. The molecule has 84 valence electrons. The zero-order valence-corrected chi connectivity index (χ0v) is 9.52. The van der Waals surface area contributed by atoms with Crippen molar-refractivity contribution in [1.82, 2.24) is 14.6 Å². The summed E-state index contributed by atoms with van der Waals surface area (Å²) < 4.78 is 1.85. The summed E-state index contributed by atoms with van der Waals surface area (Å²) in [5.74, 6) is -0.687. The summed E-state index contributed by atoms with van der Waals surface area (Å²) in [5, 5.41) is 17.5. The summed E-state index contributed by atoms with van der Waals surface area (Å²) in [4.78, 5) is 10.7. The number of hydrogen-bond donors (Lipinski definition) is 1. The number of thioether (sulfide) groups is 1. The highest BCUT2D eigenvalue weighted by molar-refractivity contribution is 7.99. The summed E-state index contributed by atoms with van der Waals surface area (Å²) in [6.07, 6.45) is 1.86. The molecule has 0 saturated heterocycles. The van der Waals surface area contributed by atoms with Crippen LogP contribution in [-0.4, -0.2) is 31.4 Å². The molecule has 5 nitrogen and oxygen atoms in total. The van der Waals surface area contributed by atoms with Crippen LogP contribution in [0.1, 0.15) is 6.92 Å². The molecular weight excluding hydrogens is 226 g/mol. The maximum atomic E-state index is 10.7. The van der Waals surface area contributed by atoms with Crippen LogP contribution >= 0.6 is 11.8 Å². The molecule has 1 atom stereocenters. The number of carboxylic acids is 1. The average molecular weight is 237 g/mol. The molecule has 0 radical (unpaired) electrons. The van der Waals surface area contributed by atoms with Gasteiger partial charge in [-0.2, -0.15) is 0 Å². The fraction of sp³-hybridized carbons (Fsp3) is 0.300. The molecule has 6 heteroatoms. The lowest BCUT2D eigenvalue weighted by Gasteiger charge is -2.03. The maximum absolute atomic E-state index is 10.7. The van der Waals surface area contributed by atoms with Gasteiger partial charge in [-0.05, 0) is 12.1 Å². The van der Waals surface area contributed by atoms with Gasteiger partial charge in [0.2, 0.25) is 0 Å². The summed E-state index contributed by atoms with van der Waals surface area (Å²) in [6.45, 7) is 1.68. The molecule has 0 fully saturated rings. The highest BCUT2D eigenvalue weighted by atomic mass is 32.2. The summed E-state index contributed by atoms with van der Waals surface area (Å²) >= 11 is 1.40. The van der Waals surface area contributed by atoms with E-state index in [-0.39, 0.29) is 5.92 Å². The Morgan fingerprint density at radius 2 is 2.38 bits per heavy atom. The first-order valence-electron chi connectivity index (χ1n) is 4.84. The van der Waals surface area contributed by atoms with Gasteiger partial charge in [0.05, 0.1) is 5.92 Å². The van der Waals surface area contributed by atoms with E-state index in [4.69, 9.17) is 5.11 Å². The number of aliphatic carboxylic acids is 1. The number of pyridine rings is 1. The van der Waals surface area contributed by atoms with E-state index >= 15 is 0 Å². The van der Waals surface area contributed by atoms with Crippen LogP contribution < -0.4 is 0 Å². The minimum absolute atomic E-state index is 0.388. The molecule has 0 aliphatic carbocycles. The zero-order chi connectivity index (χ0) is 11.5. The molecule has 0 aromatic carbocycles.